The molecule has 5 saturated heterocycles. The van der Waals surface area contributed by atoms with Gasteiger partial charge in [0, 0.05) is 229 Å². The number of hydrogen-bond donors (Lipinski definition) is 8. The van der Waals surface area contributed by atoms with Crippen molar-refractivity contribution in [2.24, 2.45) is 0 Å². The number of benzene rings is 3. The van der Waals surface area contributed by atoms with Gasteiger partial charge in [0.2, 0.25) is 11.9 Å². The van der Waals surface area contributed by atoms with Crippen LogP contribution < -0.4 is 31.3 Å². The number of nitro groups is 2. The molecule has 0 radical (unpaired) electrons. The first kappa shape index (κ1) is 109. The van der Waals surface area contributed by atoms with Crippen LogP contribution in [0.2, 0.25) is 0 Å². The van der Waals surface area contributed by atoms with E-state index in [0.717, 1.165) is 241 Å². The molecule has 9 N–H and O–H groups in total. The van der Waals surface area contributed by atoms with E-state index in [2.05, 4.69) is 176 Å². The first-order valence-electron chi connectivity index (χ1n) is 43.1. The average molecular weight is 2050 g/mol. The molecule has 0 unspecified atom stereocenters. The zero-order chi connectivity index (χ0) is 93.9. The number of anilines is 5. The van der Waals surface area contributed by atoms with Crippen LogP contribution in [0.15, 0.2) is 157 Å². The molecule has 0 amide bonds. The van der Waals surface area contributed by atoms with Crippen molar-refractivity contribution in [1.29, 1.82) is 0 Å². The Morgan fingerprint density at radius 2 is 0.910 bits per heavy atom. The summed E-state index contributed by atoms with van der Waals surface area (Å²) in [4.78, 5) is 64.0. The quantitative estimate of drug-likeness (QED) is 0.00923. The van der Waals surface area contributed by atoms with Crippen LogP contribution in [0.5, 0.6) is 11.5 Å². The van der Waals surface area contributed by atoms with Gasteiger partial charge in [-0.05, 0) is 96.2 Å². The van der Waals surface area contributed by atoms with E-state index >= 15 is 0 Å². The summed E-state index contributed by atoms with van der Waals surface area (Å²) in [5, 5.41) is 75.9. The number of nitrogens with one attached hydrogen (secondary N) is 3. The van der Waals surface area contributed by atoms with E-state index in [4.69, 9.17) is 39.9 Å². The van der Waals surface area contributed by atoms with Gasteiger partial charge in [-0.2, -0.15) is 33.9 Å². The van der Waals surface area contributed by atoms with E-state index in [-0.39, 0.29) is 44.1 Å². The number of nitrogens with two attached hydrogens (primary N) is 1. The van der Waals surface area contributed by atoms with Gasteiger partial charge in [-0.25, -0.2) is 19.9 Å². The Balaban J connectivity index is 0.000000196. The van der Waals surface area contributed by atoms with E-state index < -0.39 is 27.1 Å². The number of likely N-dealkylation sites (N-methyl/N-ethyl adjacent to an activating group) is 5. The second kappa shape index (κ2) is 55.3. The molecule has 0 saturated carbocycles. The van der Waals surface area contributed by atoms with Crippen LogP contribution >= 0.6 is 38.6 Å². The SMILES string of the molecule is CN1CCN(CCO)CC1.CN1CCN(CCn2cc(N)cn2)CC1.CN1CCN(CCn2cc([N+](=O)[O-])cn2)CC1.COc1ccccc1-c1c(C)sc2cnc(Nc3cnn(CCN4CCN(C)CC4)c3)nc12.COc1ccccc1B(O)O.Cc1ccc(S(=O)(=O)O)cc1.Cc1sc2cnc(Nc3cnn(CCN4CCN(C)CC4)c3)nc2c1Br.O=[N+]([O-])c1cn[nH]c1.[CH3-].[Pd]. The van der Waals surface area contributed by atoms with Gasteiger partial charge in [-0.15, -0.1) is 22.7 Å². The van der Waals surface area contributed by atoms with Crippen molar-refractivity contribution in [2.75, 3.05) is 236 Å². The van der Waals surface area contributed by atoms with Gasteiger partial charge in [0.15, 0.2) is 0 Å². The summed E-state index contributed by atoms with van der Waals surface area (Å²) >= 11 is 7.00. The van der Waals surface area contributed by atoms with E-state index in [1.165, 1.54) is 60.7 Å². The number of thiophene rings is 2. The number of rotatable bonds is 25. The fourth-order valence-electron chi connectivity index (χ4n) is 14.1. The molecule has 133 heavy (non-hydrogen) atoms. The molecule has 17 rings (SSSR count). The third kappa shape index (κ3) is 35.8. The first-order chi connectivity index (χ1) is 62.9. The Morgan fingerprint density at radius 1 is 0.511 bits per heavy atom. The maximum atomic E-state index is 10.5. The zero-order valence-electron chi connectivity index (χ0n) is 77.4. The van der Waals surface area contributed by atoms with Gasteiger partial charge < -0.3 is 72.9 Å². The van der Waals surface area contributed by atoms with Crippen molar-refractivity contribution in [3.63, 3.8) is 0 Å². The van der Waals surface area contributed by atoms with Crippen molar-refractivity contribution in [3.05, 3.63) is 195 Å². The summed E-state index contributed by atoms with van der Waals surface area (Å²) in [6.45, 7) is 37.0. The summed E-state index contributed by atoms with van der Waals surface area (Å²) in [6.07, 6.45) is 20.2. The van der Waals surface area contributed by atoms with Crippen molar-refractivity contribution >= 4 is 122 Å². The van der Waals surface area contributed by atoms with Crippen molar-refractivity contribution in [1.82, 2.24) is 118 Å². The molecule has 5 fully saturated rings. The third-order valence-corrected chi connectivity index (χ3v) is 26.3. The molecular weight excluding hydrogens is 1920 g/mol. The van der Waals surface area contributed by atoms with Gasteiger partial charge in [-0.1, -0.05) is 54.1 Å². The van der Waals surface area contributed by atoms with E-state index in [1.807, 2.05) is 82.5 Å². The fourth-order valence-corrected chi connectivity index (χ4v) is 17.1. The molecule has 41 nitrogen and oxygen atoms in total. The summed E-state index contributed by atoms with van der Waals surface area (Å²) in [6, 6.07) is 20.8. The largest absolute Gasteiger partial charge is 0.497 e. The van der Waals surface area contributed by atoms with Gasteiger partial charge in [0.05, 0.1) is 135 Å². The Hall–Kier alpha value is -9.81. The van der Waals surface area contributed by atoms with Gasteiger partial charge in [0.1, 0.15) is 35.6 Å². The number of halogens is 1. The van der Waals surface area contributed by atoms with E-state index in [9.17, 15) is 28.6 Å². The maximum Gasteiger partial charge on any atom is 0.492 e. The number of nitrogens with zero attached hydrogens (tertiary/aromatic N) is 25. The van der Waals surface area contributed by atoms with Crippen molar-refractivity contribution in [2.45, 2.75) is 51.8 Å². The molecule has 12 aromatic rings. The number of piperazine rings is 5. The molecule has 3 aromatic carbocycles. The summed E-state index contributed by atoms with van der Waals surface area (Å²) in [5.41, 5.74) is 13.6. The predicted octanol–water partition coefficient (Wildman–Crippen LogP) is 7.17. The first-order valence-corrected chi connectivity index (χ1v) is 47.0. The van der Waals surface area contributed by atoms with Crippen LogP contribution in [0.1, 0.15) is 15.3 Å². The van der Waals surface area contributed by atoms with Crippen molar-refractivity contribution < 1.29 is 67.9 Å². The average Bonchev–Trinajstić information content (AvgIpc) is 1.63. The Morgan fingerprint density at radius 3 is 1.30 bits per heavy atom. The monoisotopic (exact) mass is 2050 g/mol. The minimum atomic E-state index is -4.02. The number of aromatic amines is 1. The number of aromatic nitrogens is 14. The predicted molar refractivity (Wildman–Crippen MR) is 523 cm³/mol. The second-order valence-electron chi connectivity index (χ2n) is 32.1. The minimum Gasteiger partial charge on any atom is -0.497 e. The smallest absolute Gasteiger partial charge is 0.492 e. The molecule has 726 valence electrons. The van der Waals surface area contributed by atoms with Crippen LogP contribution in [0.4, 0.5) is 40.3 Å². The van der Waals surface area contributed by atoms with Crippen LogP contribution in [0, 0.1) is 48.4 Å². The number of methoxy groups -OCH3 is 2. The van der Waals surface area contributed by atoms with Crippen LogP contribution in [0.25, 0.3) is 31.6 Å². The second-order valence-corrected chi connectivity index (χ2v) is 36.8. The van der Waals surface area contributed by atoms with Gasteiger partial charge in [0.25, 0.3) is 10.1 Å². The summed E-state index contributed by atoms with van der Waals surface area (Å²) in [7, 11) is 8.49. The summed E-state index contributed by atoms with van der Waals surface area (Å²) < 4.78 is 50.7. The molecule has 0 aliphatic carbocycles. The van der Waals surface area contributed by atoms with E-state index in [1.54, 1.807) is 77.1 Å². The van der Waals surface area contributed by atoms with Crippen molar-refractivity contribution in [3.8, 4) is 22.6 Å². The number of aliphatic hydroxyl groups excluding tert-OH is 1. The molecule has 5 aliphatic heterocycles. The molecule has 0 bridgehead atoms. The molecule has 0 atom stereocenters. The van der Waals surface area contributed by atoms with Crippen LogP contribution in [-0.4, -0.2) is 383 Å². The minimum absolute atomic E-state index is 0. The molecule has 47 heteroatoms. The Labute approximate surface area is 807 Å². The molecule has 14 heterocycles. The number of H-pyrrole nitrogens is 1. The number of ether oxygens (including phenoxy) is 2. The number of fused-ring (bicyclic) bond motifs is 2. The molecule has 0 spiro atoms. The standard InChI is InChI=1S/C24H29N7OS.C17H22BrN7S.C10H17N5O2.C10H19N5.C7H9BO3.C7H16N2O.C7H8O3S.C3H3N3O2.CH3.Pd/c1-17-22(19-6-4-5-7-20(19)32-3)23-21(33-17)15-25-24(28-23)27-18-14-26-31(16-18)13-12-30-10-8-29(2)9-11-30;1-12-15(18)16-14(26-12)10-19-17(22-16)21-13-9-20-25(11-13)8-7-24-5-3-23(2)4-6-24;1-12-2-4-13(5-3-12)6-7-14-9-10(8-11-14)15(16)17;1-13-2-4-14(5-3-13)6-7-15-9-10(11)8-12-15;1-11-7-5-3-2-4-6(7)8(9)10;1-8-2-4-9(5-3-8)6-7-10;1-6-2-4-7(5-3-6)11(8,9)10;7-6(8)3-1-4-5-2-3;;/h4-7,14-16H,8-13H2,1-3H3,(H,25,27,28);9-11H,3-8H2,1-2H3,(H,19,21,22);8-9H,2-7H2,1H3;8-9H,2-7,11H2,1H3;2-5,9-10H,1H3;10H,2-7H2,1H3;2-5H,1H3,(H,8,9,10);1-2H,(H,4,5);1H3;/q;;;;;;;;-1;. The third-order valence-electron chi connectivity index (χ3n) is 22.2. The van der Waals surface area contributed by atoms with Crippen LogP contribution in [-0.2, 0) is 56.7 Å². The number of para-hydroxylation sites is 2. The summed E-state index contributed by atoms with van der Waals surface area (Å²) in [5.74, 6) is 2.49. The molecule has 5 aliphatic rings. The Bertz CT molecular complexity index is 5540. The zero-order valence-corrected chi connectivity index (χ0v) is 83.0. The topological polar surface area (TPSA) is 454 Å². The van der Waals surface area contributed by atoms with Gasteiger partial charge in [-0.3, -0.25) is 73.1 Å². The number of β-amino-alcohol motifs (C(OH)–C–C–N with tert-alkyl or cyclic N) is 1. The number of nitrogen functional groups attached to an aromatic ring is 1. The number of hydrogen-bond acceptors (Lipinski definition) is 35. The molecular formula is C86H126BBrN29O12PdS3-. The van der Waals surface area contributed by atoms with Crippen LogP contribution in [0.3, 0.4) is 0 Å². The Kier molecular flexibility index (Phi) is 45.1. The fraction of sp³-hybridized carbons (Fsp3) is 0.465. The normalized spacial score (nSPS) is 15.6. The number of aliphatic hydroxyl groups is 1. The number of aryl methyl sites for hydroxylation is 3. The van der Waals surface area contributed by atoms with Gasteiger partial charge >= 0.3 is 18.5 Å². The van der Waals surface area contributed by atoms with E-state index in [0.29, 0.717) is 36.3 Å². The maximum absolute atomic E-state index is 10.5. The molecule has 9 aromatic heterocycles.